The highest BCUT2D eigenvalue weighted by Crippen LogP contribution is 2.23. The first-order valence-electron chi connectivity index (χ1n) is 8.34. The Kier molecular flexibility index (Phi) is 8.21. The predicted octanol–water partition coefficient (Wildman–Crippen LogP) is 3.87. The van der Waals surface area contributed by atoms with Crippen LogP contribution in [0, 0.1) is 0 Å². The molecule has 1 aromatic rings. The number of piperidine rings is 1. The van der Waals surface area contributed by atoms with Gasteiger partial charge in [-0.15, -0.1) is 13.2 Å². The minimum absolute atomic E-state index is 0.289. The molecule has 0 spiro atoms. The van der Waals surface area contributed by atoms with Crippen molar-refractivity contribution in [3.8, 4) is 5.75 Å². The highest BCUT2D eigenvalue weighted by Gasteiger charge is 2.30. The number of alkyl halides is 3. The van der Waals surface area contributed by atoms with Crippen LogP contribution in [0.4, 0.5) is 23.7 Å². The lowest BCUT2D eigenvalue weighted by atomic mass is 10.0. The molecule has 0 aromatic heterocycles. The van der Waals surface area contributed by atoms with E-state index in [0.29, 0.717) is 18.4 Å². The molecule has 3 N–H and O–H groups in total. The number of likely N-dealkylation sites (tertiary alicyclic amines) is 1. The summed E-state index contributed by atoms with van der Waals surface area (Å²) in [6, 6.07) is 4.31. The summed E-state index contributed by atoms with van der Waals surface area (Å²) in [5.41, 5.74) is 5.09. The lowest BCUT2D eigenvalue weighted by Crippen LogP contribution is -2.41. The van der Waals surface area contributed by atoms with Crippen LogP contribution in [0.3, 0.4) is 0 Å². The summed E-state index contributed by atoms with van der Waals surface area (Å²) < 4.78 is 38.8. The standard InChI is InChI=1S/C9H17NO.C8H7F3N2O2/c1-3-9(11)10-7-5-4-6-8(10)2;9-8(10,11)15-6-3-1-5(2-4-6)13-7(12)14/h8H,3-7H2,1-2H3;1-4H,(H3,12,13,14). The molecule has 1 atom stereocenters. The van der Waals surface area contributed by atoms with Crippen LogP contribution in [0.1, 0.15) is 39.5 Å². The summed E-state index contributed by atoms with van der Waals surface area (Å²) in [6.07, 6.45) is -0.403. The molecule has 3 amide bonds. The normalized spacial score (nSPS) is 17.0. The fourth-order valence-corrected chi connectivity index (χ4v) is 2.55. The molecule has 1 saturated heterocycles. The van der Waals surface area contributed by atoms with Gasteiger partial charge in [-0.05, 0) is 50.5 Å². The molecule has 1 aliphatic heterocycles. The number of nitrogens with zero attached hydrogens (tertiary/aromatic N) is 1. The molecule has 1 aliphatic rings. The second kappa shape index (κ2) is 9.88. The van der Waals surface area contributed by atoms with Gasteiger partial charge >= 0.3 is 12.4 Å². The maximum absolute atomic E-state index is 11.7. The molecule has 9 heteroatoms. The van der Waals surface area contributed by atoms with Crippen LogP contribution < -0.4 is 15.8 Å². The van der Waals surface area contributed by atoms with E-state index in [9.17, 15) is 22.8 Å². The van der Waals surface area contributed by atoms with Crippen molar-refractivity contribution >= 4 is 17.6 Å². The number of carbonyl (C=O) groups is 2. The van der Waals surface area contributed by atoms with Crippen molar-refractivity contribution in [3.63, 3.8) is 0 Å². The maximum Gasteiger partial charge on any atom is 0.573 e. The molecule has 0 saturated carbocycles. The molecular formula is C17H24F3N3O3. The van der Waals surface area contributed by atoms with Gasteiger partial charge in [-0.1, -0.05) is 6.92 Å². The fraction of sp³-hybridized carbons (Fsp3) is 0.529. The molecular weight excluding hydrogens is 351 g/mol. The minimum Gasteiger partial charge on any atom is -0.406 e. The Morgan fingerprint density at radius 1 is 1.27 bits per heavy atom. The number of rotatable bonds is 3. The van der Waals surface area contributed by atoms with E-state index >= 15 is 0 Å². The number of hydrogen-bond acceptors (Lipinski definition) is 3. The van der Waals surface area contributed by atoms with Crippen molar-refractivity contribution < 1.29 is 27.5 Å². The molecule has 1 unspecified atom stereocenters. The van der Waals surface area contributed by atoms with Crippen molar-refractivity contribution in [3.05, 3.63) is 24.3 Å². The third-order valence-corrected chi connectivity index (χ3v) is 3.78. The third kappa shape index (κ3) is 8.09. The Morgan fingerprint density at radius 3 is 2.35 bits per heavy atom. The van der Waals surface area contributed by atoms with Crippen LogP contribution in [-0.2, 0) is 4.79 Å². The first-order chi connectivity index (χ1) is 12.1. The van der Waals surface area contributed by atoms with E-state index in [1.165, 1.54) is 31.4 Å². The number of anilines is 1. The van der Waals surface area contributed by atoms with Gasteiger partial charge in [0.1, 0.15) is 5.75 Å². The third-order valence-electron chi connectivity index (χ3n) is 3.78. The second-order valence-corrected chi connectivity index (χ2v) is 5.85. The molecule has 1 fully saturated rings. The molecule has 0 radical (unpaired) electrons. The van der Waals surface area contributed by atoms with E-state index < -0.39 is 12.4 Å². The van der Waals surface area contributed by atoms with Crippen molar-refractivity contribution in [2.45, 2.75) is 51.9 Å². The highest BCUT2D eigenvalue weighted by molar-refractivity contribution is 5.87. The van der Waals surface area contributed by atoms with Gasteiger partial charge in [0.25, 0.3) is 0 Å². The molecule has 0 bridgehead atoms. The Morgan fingerprint density at radius 2 is 1.88 bits per heavy atom. The van der Waals surface area contributed by atoms with Gasteiger partial charge in [0, 0.05) is 24.7 Å². The smallest absolute Gasteiger partial charge is 0.406 e. The van der Waals surface area contributed by atoms with Gasteiger partial charge < -0.3 is 20.7 Å². The molecule has 2 rings (SSSR count). The summed E-state index contributed by atoms with van der Waals surface area (Å²) in [5, 5.41) is 2.20. The van der Waals surface area contributed by atoms with Crippen LogP contribution in [0.25, 0.3) is 0 Å². The van der Waals surface area contributed by atoms with Crippen molar-refractivity contribution in [1.82, 2.24) is 4.90 Å². The van der Waals surface area contributed by atoms with Gasteiger partial charge in [-0.3, -0.25) is 4.79 Å². The molecule has 146 valence electrons. The van der Waals surface area contributed by atoms with Crippen LogP contribution in [-0.4, -0.2) is 35.8 Å². The second-order valence-electron chi connectivity index (χ2n) is 5.85. The Labute approximate surface area is 150 Å². The summed E-state index contributed by atoms with van der Waals surface area (Å²) >= 11 is 0. The summed E-state index contributed by atoms with van der Waals surface area (Å²) in [7, 11) is 0. The zero-order valence-electron chi connectivity index (χ0n) is 14.8. The average molecular weight is 375 g/mol. The van der Waals surface area contributed by atoms with Gasteiger partial charge in [-0.25, -0.2) is 4.79 Å². The fourth-order valence-electron chi connectivity index (χ4n) is 2.55. The van der Waals surface area contributed by atoms with E-state index in [1.54, 1.807) is 0 Å². The van der Waals surface area contributed by atoms with Crippen LogP contribution in [0.2, 0.25) is 0 Å². The topological polar surface area (TPSA) is 84.7 Å². The predicted molar refractivity (Wildman–Crippen MR) is 91.6 cm³/mol. The van der Waals surface area contributed by atoms with E-state index in [-0.39, 0.29) is 11.4 Å². The quantitative estimate of drug-likeness (QED) is 0.841. The zero-order chi connectivity index (χ0) is 19.7. The van der Waals surface area contributed by atoms with Crippen LogP contribution >= 0.6 is 0 Å². The monoisotopic (exact) mass is 375 g/mol. The molecule has 26 heavy (non-hydrogen) atoms. The molecule has 6 nitrogen and oxygen atoms in total. The van der Waals surface area contributed by atoms with Gasteiger partial charge in [0.15, 0.2) is 0 Å². The number of ether oxygens (including phenoxy) is 1. The summed E-state index contributed by atoms with van der Waals surface area (Å²) in [4.78, 5) is 23.7. The van der Waals surface area contributed by atoms with Crippen LogP contribution in [0.15, 0.2) is 24.3 Å². The van der Waals surface area contributed by atoms with E-state index in [0.717, 1.165) is 18.7 Å². The number of amides is 3. The van der Waals surface area contributed by atoms with Crippen molar-refractivity contribution in [2.24, 2.45) is 5.73 Å². The van der Waals surface area contributed by atoms with Gasteiger partial charge in [0.2, 0.25) is 5.91 Å². The molecule has 1 aromatic carbocycles. The summed E-state index contributed by atoms with van der Waals surface area (Å²) in [6.45, 7) is 5.06. The number of nitrogens with two attached hydrogens (primary N) is 1. The zero-order valence-corrected chi connectivity index (χ0v) is 14.8. The first-order valence-corrected chi connectivity index (χ1v) is 8.34. The SMILES string of the molecule is CCC(=O)N1CCCCC1C.NC(=O)Nc1ccc(OC(F)(F)F)cc1. The number of primary amides is 1. The lowest BCUT2D eigenvalue weighted by molar-refractivity contribution is -0.274. The number of carbonyl (C=O) groups excluding carboxylic acids is 2. The molecule has 0 aliphatic carbocycles. The Balaban J connectivity index is 0.000000273. The Hall–Kier alpha value is -2.45. The van der Waals surface area contributed by atoms with Crippen molar-refractivity contribution in [2.75, 3.05) is 11.9 Å². The van der Waals surface area contributed by atoms with E-state index in [4.69, 9.17) is 5.73 Å². The highest BCUT2D eigenvalue weighted by atomic mass is 19.4. The maximum atomic E-state index is 11.7. The van der Waals surface area contributed by atoms with Crippen molar-refractivity contribution in [1.29, 1.82) is 0 Å². The van der Waals surface area contributed by atoms with Gasteiger partial charge in [0.05, 0.1) is 0 Å². The number of benzene rings is 1. The summed E-state index contributed by atoms with van der Waals surface area (Å²) in [5.74, 6) is -0.0466. The largest absolute Gasteiger partial charge is 0.573 e. The van der Waals surface area contributed by atoms with E-state index in [1.807, 2.05) is 11.8 Å². The molecule has 1 heterocycles. The average Bonchev–Trinajstić information content (AvgIpc) is 2.55. The number of nitrogens with one attached hydrogen (secondary N) is 1. The number of hydrogen-bond donors (Lipinski definition) is 2. The lowest BCUT2D eigenvalue weighted by Gasteiger charge is -2.33. The van der Waals surface area contributed by atoms with Gasteiger partial charge in [-0.2, -0.15) is 0 Å². The Bertz CT molecular complexity index is 591. The number of urea groups is 1. The van der Waals surface area contributed by atoms with Crippen LogP contribution in [0.5, 0.6) is 5.75 Å². The number of halogens is 3. The minimum atomic E-state index is -4.72. The first kappa shape index (κ1) is 21.6. The van der Waals surface area contributed by atoms with E-state index in [2.05, 4.69) is 17.0 Å².